The van der Waals surface area contributed by atoms with E-state index < -0.39 is 0 Å². The molecule has 0 bridgehead atoms. The maximum atomic E-state index is 5.90. The van der Waals surface area contributed by atoms with Crippen molar-refractivity contribution >= 4 is 0 Å². The van der Waals surface area contributed by atoms with Gasteiger partial charge in [-0.05, 0) is 38.5 Å². The minimum Gasteiger partial charge on any atom is -0.492 e. The Kier molecular flexibility index (Phi) is 5.02. The summed E-state index contributed by atoms with van der Waals surface area (Å²) in [6.45, 7) is 10.5. The van der Waals surface area contributed by atoms with E-state index in [0.717, 1.165) is 30.9 Å². The molecular weight excluding hydrogens is 252 g/mol. The van der Waals surface area contributed by atoms with Gasteiger partial charge in [-0.15, -0.1) is 0 Å². The summed E-state index contributed by atoms with van der Waals surface area (Å²) in [6, 6.07) is 7.98. The van der Waals surface area contributed by atoms with E-state index in [1.165, 1.54) is 0 Å². The summed E-state index contributed by atoms with van der Waals surface area (Å²) in [7, 11) is 0. The van der Waals surface area contributed by atoms with Crippen molar-refractivity contribution in [3.8, 4) is 5.75 Å². The second-order valence-corrected chi connectivity index (χ2v) is 6.12. The van der Waals surface area contributed by atoms with E-state index in [1.54, 1.807) is 0 Å². The SMILES string of the molecule is CC1CN(CCOc2cccc(CN)c2)CC(C)(C)O1. The summed E-state index contributed by atoms with van der Waals surface area (Å²) >= 11 is 0. The molecule has 1 saturated heterocycles. The fourth-order valence-electron chi connectivity index (χ4n) is 2.81. The summed E-state index contributed by atoms with van der Waals surface area (Å²) in [5.41, 5.74) is 6.66. The third-order valence-corrected chi connectivity index (χ3v) is 3.45. The van der Waals surface area contributed by atoms with Crippen LogP contribution in [0, 0.1) is 0 Å². The lowest BCUT2D eigenvalue weighted by Gasteiger charge is -2.41. The topological polar surface area (TPSA) is 47.7 Å². The number of benzene rings is 1. The molecule has 4 nitrogen and oxygen atoms in total. The Morgan fingerprint density at radius 1 is 1.45 bits per heavy atom. The van der Waals surface area contributed by atoms with Gasteiger partial charge in [0, 0.05) is 26.2 Å². The first-order chi connectivity index (χ1) is 9.48. The van der Waals surface area contributed by atoms with Crippen LogP contribution in [0.1, 0.15) is 26.3 Å². The van der Waals surface area contributed by atoms with Crippen LogP contribution in [0.2, 0.25) is 0 Å². The lowest BCUT2D eigenvalue weighted by atomic mass is 10.1. The van der Waals surface area contributed by atoms with Gasteiger partial charge in [0.05, 0.1) is 11.7 Å². The molecule has 20 heavy (non-hydrogen) atoms. The monoisotopic (exact) mass is 278 g/mol. The van der Waals surface area contributed by atoms with Crippen LogP contribution in [0.3, 0.4) is 0 Å². The highest BCUT2D eigenvalue weighted by molar-refractivity contribution is 5.28. The smallest absolute Gasteiger partial charge is 0.119 e. The van der Waals surface area contributed by atoms with Crippen molar-refractivity contribution in [3.05, 3.63) is 29.8 Å². The first-order valence-corrected chi connectivity index (χ1v) is 7.30. The predicted molar refractivity (Wildman–Crippen MR) is 80.9 cm³/mol. The zero-order chi connectivity index (χ0) is 14.6. The van der Waals surface area contributed by atoms with Gasteiger partial charge in [-0.2, -0.15) is 0 Å². The molecule has 0 radical (unpaired) electrons. The number of ether oxygens (including phenoxy) is 2. The third kappa shape index (κ3) is 4.47. The lowest BCUT2D eigenvalue weighted by Crippen LogP contribution is -2.52. The molecule has 112 valence electrons. The van der Waals surface area contributed by atoms with Gasteiger partial charge in [0.2, 0.25) is 0 Å². The highest BCUT2D eigenvalue weighted by Crippen LogP contribution is 2.20. The molecule has 1 aliphatic rings. The summed E-state index contributed by atoms with van der Waals surface area (Å²) < 4.78 is 11.7. The van der Waals surface area contributed by atoms with Crippen LogP contribution < -0.4 is 10.5 Å². The molecule has 1 atom stereocenters. The van der Waals surface area contributed by atoms with E-state index in [-0.39, 0.29) is 11.7 Å². The van der Waals surface area contributed by atoms with Gasteiger partial charge in [0.1, 0.15) is 12.4 Å². The van der Waals surface area contributed by atoms with Crippen molar-refractivity contribution in [2.75, 3.05) is 26.2 Å². The number of hydrogen-bond donors (Lipinski definition) is 1. The van der Waals surface area contributed by atoms with Crippen LogP contribution in [0.5, 0.6) is 5.75 Å². The number of rotatable bonds is 5. The Morgan fingerprint density at radius 3 is 2.95 bits per heavy atom. The molecule has 1 aromatic rings. The molecule has 2 N–H and O–H groups in total. The van der Waals surface area contributed by atoms with Crippen LogP contribution in [-0.2, 0) is 11.3 Å². The molecule has 2 rings (SSSR count). The van der Waals surface area contributed by atoms with Crippen molar-refractivity contribution in [3.63, 3.8) is 0 Å². The highest BCUT2D eigenvalue weighted by Gasteiger charge is 2.30. The van der Waals surface area contributed by atoms with Crippen molar-refractivity contribution in [2.45, 2.75) is 39.0 Å². The minimum atomic E-state index is -0.0723. The number of nitrogens with two attached hydrogens (primary N) is 1. The van der Waals surface area contributed by atoms with Gasteiger partial charge < -0.3 is 15.2 Å². The normalized spacial score (nSPS) is 22.7. The average Bonchev–Trinajstić information content (AvgIpc) is 2.36. The van der Waals surface area contributed by atoms with Gasteiger partial charge >= 0.3 is 0 Å². The maximum absolute atomic E-state index is 5.90. The van der Waals surface area contributed by atoms with Gasteiger partial charge in [-0.25, -0.2) is 0 Å². The van der Waals surface area contributed by atoms with Crippen LogP contribution in [-0.4, -0.2) is 42.8 Å². The lowest BCUT2D eigenvalue weighted by molar-refractivity contribution is -0.129. The molecule has 0 aromatic heterocycles. The van der Waals surface area contributed by atoms with Gasteiger partial charge in [0.15, 0.2) is 0 Å². The minimum absolute atomic E-state index is 0.0723. The van der Waals surface area contributed by atoms with Crippen molar-refractivity contribution in [1.29, 1.82) is 0 Å². The molecule has 4 heteroatoms. The highest BCUT2D eigenvalue weighted by atomic mass is 16.5. The first kappa shape index (κ1) is 15.3. The van der Waals surface area contributed by atoms with Crippen LogP contribution in [0.15, 0.2) is 24.3 Å². The Balaban J connectivity index is 1.80. The van der Waals surface area contributed by atoms with Crippen LogP contribution in [0.4, 0.5) is 0 Å². The molecule has 1 aliphatic heterocycles. The predicted octanol–water partition coefficient (Wildman–Crippen LogP) is 2.02. The van der Waals surface area contributed by atoms with Gasteiger partial charge in [0.25, 0.3) is 0 Å². The molecule has 0 saturated carbocycles. The van der Waals surface area contributed by atoms with E-state index in [0.29, 0.717) is 13.2 Å². The van der Waals surface area contributed by atoms with E-state index >= 15 is 0 Å². The van der Waals surface area contributed by atoms with Crippen molar-refractivity contribution < 1.29 is 9.47 Å². The van der Waals surface area contributed by atoms with E-state index in [2.05, 4.69) is 25.7 Å². The third-order valence-electron chi connectivity index (χ3n) is 3.45. The van der Waals surface area contributed by atoms with E-state index in [4.69, 9.17) is 15.2 Å². The van der Waals surface area contributed by atoms with Gasteiger partial charge in [-0.1, -0.05) is 12.1 Å². The fraction of sp³-hybridized carbons (Fsp3) is 0.625. The molecule has 0 amide bonds. The average molecular weight is 278 g/mol. The fourth-order valence-corrected chi connectivity index (χ4v) is 2.81. The molecular formula is C16H26N2O2. The molecule has 0 spiro atoms. The molecule has 1 heterocycles. The molecule has 1 unspecified atom stereocenters. The quantitative estimate of drug-likeness (QED) is 0.895. The second-order valence-electron chi connectivity index (χ2n) is 6.12. The van der Waals surface area contributed by atoms with E-state index in [9.17, 15) is 0 Å². The van der Waals surface area contributed by atoms with Crippen molar-refractivity contribution in [2.24, 2.45) is 5.73 Å². The Hall–Kier alpha value is -1.10. The Bertz CT molecular complexity index is 434. The zero-order valence-electron chi connectivity index (χ0n) is 12.8. The largest absolute Gasteiger partial charge is 0.492 e. The second kappa shape index (κ2) is 6.57. The van der Waals surface area contributed by atoms with Crippen LogP contribution in [0.25, 0.3) is 0 Å². The molecule has 1 fully saturated rings. The Morgan fingerprint density at radius 2 is 2.25 bits per heavy atom. The maximum Gasteiger partial charge on any atom is 0.119 e. The zero-order valence-corrected chi connectivity index (χ0v) is 12.8. The number of morpholine rings is 1. The summed E-state index contributed by atoms with van der Waals surface area (Å²) in [4.78, 5) is 2.40. The first-order valence-electron chi connectivity index (χ1n) is 7.30. The summed E-state index contributed by atoms with van der Waals surface area (Å²) in [5, 5.41) is 0. The van der Waals surface area contributed by atoms with E-state index in [1.807, 2.05) is 24.3 Å². The summed E-state index contributed by atoms with van der Waals surface area (Å²) in [5.74, 6) is 0.897. The number of hydrogen-bond acceptors (Lipinski definition) is 4. The van der Waals surface area contributed by atoms with Crippen LogP contribution >= 0.6 is 0 Å². The molecule has 0 aliphatic carbocycles. The standard InChI is InChI=1S/C16H26N2O2/c1-13-11-18(12-16(2,3)20-13)7-8-19-15-6-4-5-14(9-15)10-17/h4-6,9,13H,7-8,10-12,17H2,1-3H3. The van der Waals surface area contributed by atoms with Crippen molar-refractivity contribution in [1.82, 2.24) is 4.90 Å². The van der Waals surface area contributed by atoms with Gasteiger partial charge in [-0.3, -0.25) is 4.90 Å². The number of nitrogens with zero attached hydrogens (tertiary/aromatic N) is 1. The molecule has 1 aromatic carbocycles. The Labute approximate surface area is 121 Å². The summed E-state index contributed by atoms with van der Waals surface area (Å²) in [6.07, 6.45) is 0.277.